The molecule has 10 rings (SSSR count). The van der Waals surface area contributed by atoms with Gasteiger partial charge in [0.2, 0.25) is 0 Å². The van der Waals surface area contributed by atoms with Gasteiger partial charge in [0.1, 0.15) is 0 Å². The Labute approximate surface area is 294 Å². The van der Waals surface area contributed by atoms with Gasteiger partial charge in [0.05, 0.1) is 5.69 Å². The van der Waals surface area contributed by atoms with E-state index >= 15 is 0 Å². The molecular weight excluding hydrogens is 623 g/mol. The fourth-order valence-corrected chi connectivity index (χ4v) is 8.95. The van der Waals surface area contributed by atoms with Crippen molar-refractivity contribution in [2.75, 3.05) is 4.90 Å². The van der Waals surface area contributed by atoms with Gasteiger partial charge >= 0.3 is 0 Å². The number of benzene rings is 9. The summed E-state index contributed by atoms with van der Waals surface area (Å²) in [5.41, 5.74) is 8.26. The van der Waals surface area contributed by atoms with Crippen LogP contribution in [0.4, 0.5) is 17.1 Å². The van der Waals surface area contributed by atoms with Crippen molar-refractivity contribution in [3.05, 3.63) is 188 Å². The third kappa shape index (κ3) is 4.69. The molecule has 9 aromatic carbocycles. The Balaban J connectivity index is 1.14. The molecule has 0 fully saturated rings. The molecule has 0 aliphatic heterocycles. The first-order chi connectivity index (χ1) is 24.8. The van der Waals surface area contributed by atoms with Crippen molar-refractivity contribution < 1.29 is 0 Å². The van der Waals surface area contributed by atoms with Gasteiger partial charge in [-0.1, -0.05) is 152 Å². The van der Waals surface area contributed by atoms with E-state index in [1.807, 2.05) is 11.3 Å². The van der Waals surface area contributed by atoms with Gasteiger partial charge in [0.25, 0.3) is 0 Å². The number of para-hydroxylation sites is 1. The van der Waals surface area contributed by atoms with Crippen molar-refractivity contribution in [2.24, 2.45) is 0 Å². The molecule has 0 aliphatic rings. The number of thiophene rings is 1. The predicted octanol–water partition coefficient (Wildman–Crippen LogP) is 14.3. The average Bonchev–Trinajstić information content (AvgIpc) is 3.58. The second kappa shape index (κ2) is 11.7. The molecule has 0 amide bonds. The maximum atomic E-state index is 2.41. The van der Waals surface area contributed by atoms with E-state index in [1.165, 1.54) is 74.7 Å². The van der Waals surface area contributed by atoms with E-state index in [1.54, 1.807) is 0 Å². The SMILES string of the molecule is c1ccc(-c2ccccc2N(c2ccc(-c3cccc4sc5c6ccccc6ccc5c34)cc2)c2ccc3c(ccc4ccccc43)c2)cc1. The van der Waals surface area contributed by atoms with Crippen LogP contribution in [0.5, 0.6) is 0 Å². The van der Waals surface area contributed by atoms with Gasteiger partial charge in [-0.25, -0.2) is 0 Å². The molecule has 2 heteroatoms. The van der Waals surface area contributed by atoms with Crippen molar-refractivity contribution in [3.8, 4) is 22.3 Å². The van der Waals surface area contributed by atoms with Gasteiger partial charge in [0, 0.05) is 37.1 Å². The Morgan fingerprint density at radius 1 is 0.360 bits per heavy atom. The van der Waals surface area contributed by atoms with Gasteiger partial charge in [0.15, 0.2) is 0 Å². The topological polar surface area (TPSA) is 3.24 Å². The van der Waals surface area contributed by atoms with Crippen LogP contribution in [0.25, 0.3) is 74.7 Å². The minimum absolute atomic E-state index is 1.12. The number of nitrogens with zero attached hydrogens (tertiary/aromatic N) is 1. The van der Waals surface area contributed by atoms with Crippen LogP contribution in [0.2, 0.25) is 0 Å². The molecule has 0 bridgehead atoms. The average molecular weight is 654 g/mol. The smallest absolute Gasteiger partial charge is 0.0540 e. The number of hydrogen-bond acceptors (Lipinski definition) is 2. The first-order valence-corrected chi connectivity index (χ1v) is 17.9. The van der Waals surface area contributed by atoms with E-state index < -0.39 is 0 Å². The highest BCUT2D eigenvalue weighted by atomic mass is 32.1. The maximum absolute atomic E-state index is 2.41. The summed E-state index contributed by atoms with van der Waals surface area (Å²) in [6.45, 7) is 0. The van der Waals surface area contributed by atoms with Crippen LogP contribution in [0.3, 0.4) is 0 Å². The van der Waals surface area contributed by atoms with E-state index in [-0.39, 0.29) is 0 Å². The molecule has 234 valence electrons. The summed E-state index contributed by atoms with van der Waals surface area (Å²) in [5, 5.41) is 10.3. The molecule has 1 aromatic heterocycles. The summed E-state index contributed by atoms with van der Waals surface area (Å²) in [6.07, 6.45) is 0. The number of fused-ring (bicyclic) bond motifs is 8. The molecule has 0 atom stereocenters. The molecule has 0 N–H and O–H groups in total. The molecule has 1 heterocycles. The third-order valence-electron chi connectivity index (χ3n) is 10.0. The normalized spacial score (nSPS) is 11.6. The maximum Gasteiger partial charge on any atom is 0.0540 e. The highest BCUT2D eigenvalue weighted by Crippen LogP contribution is 2.45. The highest BCUT2D eigenvalue weighted by Gasteiger charge is 2.19. The van der Waals surface area contributed by atoms with Crippen LogP contribution in [0, 0.1) is 0 Å². The lowest BCUT2D eigenvalue weighted by molar-refractivity contribution is 1.29. The quantitative estimate of drug-likeness (QED) is 0.167. The zero-order valence-electron chi connectivity index (χ0n) is 27.3. The van der Waals surface area contributed by atoms with Crippen molar-refractivity contribution in [3.63, 3.8) is 0 Å². The lowest BCUT2D eigenvalue weighted by Crippen LogP contribution is -2.11. The summed E-state index contributed by atoms with van der Waals surface area (Å²) < 4.78 is 2.68. The first kappa shape index (κ1) is 28.8. The van der Waals surface area contributed by atoms with Crippen molar-refractivity contribution in [2.45, 2.75) is 0 Å². The van der Waals surface area contributed by atoms with E-state index in [4.69, 9.17) is 0 Å². The van der Waals surface area contributed by atoms with Crippen LogP contribution in [0.15, 0.2) is 188 Å². The number of rotatable bonds is 5. The molecule has 50 heavy (non-hydrogen) atoms. The van der Waals surface area contributed by atoms with Gasteiger partial charge < -0.3 is 4.90 Å². The molecule has 0 radical (unpaired) electrons. The molecule has 0 aliphatic carbocycles. The largest absolute Gasteiger partial charge is 0.310 e. The molecule has 10 aromatic rings. The molecular formula is C48H31NS. The summed E-state index contributed by atoms with van der Waals surface area (Å²) in [6, 6.07) is 68.6. The van der Waals surface area contributed by atoms with Crippen LogP contribution >= 0.6 is 11.3 Å². The Hall–Kier alpha value is -6.22. The van der Waals surface area contributed by atoms with E-state index in [0.29, 0.717) is 0 Å². The lowest BCUT2D eigenvalue weighted by atomic mass is 9.97. The van der Waals surface area contributed by atoms with E-state index in [2.05, 4.69) is 193 Å². The summed E-state index contributed by atoms with van der Waals surface area (Å²) >= 11 is 1.90. The van der Waals surface area contributed by atoms with Crippen molar-refractivity contribution in [1.82, 2.24) is 0 Å². The molecule has 0 saturated carbocycles. The van der Waals surface area contributed by atoms with Gasteiger partial charge in [-0.3, -0.25) is 0 Å². The second-order valence-electron chi connectivity index (χ2n) is 12.9. The third-order valence-corrected chi connectivity index (χ3v) is 11.2. The molecule has 0 unspecified atom stereocenters. The first-order valence-electron chi connectivity index (χ1n) is 17.1. The number of hydrogen-bond donors (Lipinski definition) is 0. The fraction of sp³-hybridized carbons (Fsp3) is 0. The Kier molecular flexibility index (Phi) is 6.75. The van der Waals surface area contributed by atoms with Crippen molar-refractivity contribution in [1.29, 1.82) is 0 Å². The zero-order chi connectivity index (χ0) is 33.0. The summed E-state index contributed by atoms with van der Waals surface area (Å²) in [7, 11) is 0. The number of anilines is 3. The fourth-order valence-electron chi connectivity index (χ4n) is 7.68. The van der Waals surface area contributed by atoms with Gasteiger partial charge in [-0.05, 0) is 85.4 Å². The predicted molar refractivity (Wildman–Crippen MR) is 217 cm³/mol. The van der Waals surface area contributed by atoms with Crippen LogP contribution in [0.1, 0.15) is 0 Å². The van der Waals surface area contributed by atoms with Crippen LogP contribution < -0.4 is 4.90 Å². The minimum atomic E-state index is 1.12. The van der Waals surface area contributed by atoms with Gasteiger partial charge in [-0.2, -0.15) is 0 Å². The van der Waals surface area contributed by atoms with Crippen LogP contribution in [-0.2, 0) is 0 Å². The Morgan fingerprint density at radius 2 is 0.960 bits per heavy atom. The zero-order valence-corrected chi connectivity index (χ0v) is 28.1. The van der Waals surface area contributed by atoms with E-state index in [9.17, 15) is 0 Å². The van der Waals surface area contributed by atoms with Crippen molar-refractivity contribution >= 4 is 80.9 Å². The standard InChI is InChI=1S/C48H31NS/c1-2-11-32(12-3-1)41-16-8-9-19-45(41)49(38-28-30-40-36(31-38)22-21-33-13-4-6-15-39(33)40)37-26-23-35(24-27-37)42-18-10-20-46-47(42)44-29-25-34-14-5-7-17-43(34)48(44)50-46/h1-31H. The molecule has 0 spiro atoms. The van der Waals surface area contributed by atoms with Gasteiger partial charge in [-0.15, -0.1) is 11.3 Å². The Morgan fingerprint density at radius 3 is 1.82 bits per heavy atom. The Bertz CT molecular complexity index is 2870. The highest BCUT2D eigenvalue weighted by molar-refractivity contribution is 7.26. The minimum Gasteiger partial charge on any atom is -0.310 e. The van der Waals surface area contributed by atoms with Crippen LogP contribution in [-0.4, -0.2) is 0 Å². The summed E-state index contributed by atoms with van der Waals surface area (Å²) in [5.74, 6) is 0. The molecule has 0 saturated heterocycles. The lowest BCUT2D eigenvalue weighted by Gasteiger charge is -2.28. The van der Waals surface area contributed by atoms with E-state index in [0.717, 1.165) is 17.1 Å². The second-order valence-corrected chi connectivity index (χ2v) is 14.0. The summed E-state index contributed by atoms with van der Waals surface area (Å²) in [4.78, 5) is 2.41. The molecule has 1 nitrogen and oxygen atoms in total. The monoisotopic (exact) mass is 653 g/mol.